The monoisotopic (exact) mass is 226 g/mol. The van der Waals surface area contributed by atoms with Crippen molar-refractivity contribution in [1.82, 2.24) is 4.90 Å². The molecule has 0 unspecified atom stereocenters. The standard InChI is InChI=1S/C11H15ClN2O/c1-7(2)14(3)11(15)9-6-8(13)4-5-10(9)12/h4-7H,13H2,1-3H3. The van der Waals surface area contributed by atoms with Crippen molar-refractivity contribution in [3.05, 3.63) is 28.8 Å². The normalized spacial score (nSPS) is 10.5. The fourth-order valence-electron chi connectivity index (χ4n) is 1.13. The zero-order valence-corrected chi connectivity index (χ0v) is 9.88. The van der Waals surface area contributed by atoms with Crippen LogP contribution in [0, 0.1) is 0 Å². The molecule has 0 aliphatic carbocycles. The van der Waals surface area contributed by atoms with E-state index in [1.54, 1.807) is 30.1 Å². The van der Waals surface area contributed by atoms with E-state index in [9.17, 15) is 4.79 Å². The number of carbonyl (C=O) groups is 1. The van der Waals surface area contributed by atoms with Crippen LogP contribution in [0.5, 0.6) is 0 Å². The second kappa shape index (κ2) is 4.53. The number of rotatable bonds is 2. The Bertz CT molecular complexity index is 377. The van der Waals surface area contributed by atoms with Crippen molar-refractivity contribution in [1.29, 1.82) is 0 Å². The average Bonchev–Trinajstić information content (AvgIpc) is 2.19. The van der Waals surface area contributed by atoms with Crippen LogP contribution in [0.1, 0.15) is 24.2 Å². The molecule has 0 radical (unpaired) electrons. The average molecular weight is 227 g/mol. The van der Waals surface area contributed by atoms with Crippen molar-refractivity contribution in [2.24, 2.45) is 0 Å². The number of carbonyl (C=O) groups excluding carboxylic acids is 1. The first-order valence-electron chi connectivity index (χ1n) is 4.75. The topological polar surface area (TPSA) is 46.3 Å². The summed E-state index contributed by atoms with van der Waals surface area (Å²) in [5.41, 5.74) is 6.61. The van der Waals surface area contributed by atoms with Gasteiger partial charge in [-0.1, -0.05) is 11.6 Å². The lowest BCUT2D eigenvalue weighted by atomic mass is 10.1. The van der Waals surface area contributed by atoms with Gasteiger partial charge in [-0.2, -0.15) is 0 Å². The zero-order valence-electron chi connectivity index (χ0n) is 9.12. The minimum atomic E-state index is -0.109. The highest BCUT2D eigenvalue weighted by molar-refractivity contribution is 6.34. The quantitative estimate of drug-likeness (QED) is 0.788. The van der Waals surface area contributed by atoms with E-state index in [4.69, 9.17) is 17.3 Å². The van der Waals surface area contributed by atoms with E-state index in [-0.39, 0.29) is 11.9 Å². The fourth-order valence-corrected chi connectivity index (χ4v) is 1.33. The Labute approximate surface area is 94.8 Å². The molecule has 0 saturated heterocycles. The summed E-state index contributed by atoms with van der Waals surface area (Å²) in [7, 11) is 1.74. The second-order valence-electron chi connectivity index (χ2n) is 3.75. The molecule has 0 atom stereocenters. The van der Waals surface area contributed by atoms with Gasteiger partial charge in [-0.25, -0.2) is 0 Å². The minimum Gasteiger partial charge on any atom is -0.399 e. The summed E-state index contributed by atoms with van der Waals surface area (Å²) in [6.07, 6.45) is 0. The number of hydrogen-bond acceptors (Lipinski definition) is 2. The third-order valence-electron chi connectivity index (χ3n) is 2.32. The highest BCUT2D eigenvalue weighted by Crippen LogP contribution is 2.20. The third kappa shape index (κ3) is 2.63. The molecule has 2 N–H and O–H groups in total. The summed E-state index contributed by atoms with van der Waals surface area (Å²) < 4.78 is 0. The van der Waals surface area contributed by atoms with Crippen LogP contribution in [0.3, 0.4) is 0 Å². The predicted octanol–water partition coefficient (Wildman–Crippen LogP) is 2.40. The van der Waals surface area contributed by atoms with Gasteiger partial charge in [-0.05, 0) is 32.0 Å². The van der Waals surface area contributed by atoms with Gasteiger partial charge in [0.15, 0.2) is 0 Å². The maximum atomic E-state index is 11.9. The van der Waals surface area contributed by atoms with Gasteiger partial charge in [-0.3, -0.25) is 4.79 Å². The SMILES string of the molecule is CC(C)N(C)C(=O)c1cc(N)ccc1Cl. The lowest BCUT2D eigenvalue weighted by Gasteiger charge is -2.22. The summed E-state index contributed by atoms with van der Waals surface area (Å²) >= 11 is 5.94. The van der Waals surface area contributed by atoms with E-state index in [1.165, 1.54) is 0 Å². The van der Waals surface area contributed by atoms with Crippen LogP contribution >= 0.6 is 11.6 Å². The summed E-state index contributed by atoms with van der Waals surface area (Å²) in [4.78, 5) is 13.6. The summed E-state index contributed by atoms with van der Waals surface area (Å²) in [5.74, 6) is -0.109. The molecule has 0 bridgehead atoms. The Hall–Kier alpha value is -1.22. The zero-order chi connectivity index (χ0) is 11.6. The van der Waals surface area contributed by atoms with E-state index < -0.39 is 0 Å². The molecule has 0 aliphatic rings. The first kappa shape index (κ1) is 11.9. The van der Waals surface area contributed by atoms with E-state index in [0.717, 1.165) is 0 Å². The number of hydrogen-bond donors (Lipinski definition) is 1. The Morgan fingerprint density at radius 2 is 2.07 bits per heavy atom. The molecule has 82 valence electrons. The van der Waals surface area contributed by atoms with Crippen molar-refractivity contribution in [2.75, 3.05) is 12.8 Å². The van der Waals surface area contributed by atoms with Crippen molar-refractivity contribution >= 4 is 23.2 Å². The number of nitrogens with two attached hydrogens (primary N) is 1. The van der Waals surface area contributed by atoms with Crippen LogP contribution in [-0.2, 0) is 0 Å². The third-order valence-corrected chi connectivity index (χ3v) is 2.65. The molecular formula is C11H15ClN2O. The Kier molecular flexibility index (Phi) is 3.58. The van der Waals surface area contributed by atoms with Gasteiger partial charge < -0.3 is 10.6 Å². The number of nitrogens with zero attached hydrogens (tertiary/aromatic N) is 1. The molecule has 1 aromatic carbocycles. The van der Waals surface area contributed by atoms with E-state index >= 15 is 0 Å². The van der Waals surface area contributed by atoms with Crippen LogP contribution in [0.2, 0.25) is 5.02 Å². The fraction of sp³-hybridized carbons (Fsp3) is 0.364. The van der Waals surface area contributed by atoms with E-state index in [1.807, 2.05) is 13.8 Å². The van der Waals surface area contributed by atoms with Gasteiger partial charge in [-0.15, -0.1) is 0 Å². The number of halogens is 1. The van der Waals surface area contributed by atoms with Gasteiger partial charge in [0, 0.05) is 18.8 Å². The predicted molar refractivity (Wildman–Crippen MR) is 63.1 cm³/mol. The van der Waals surface area contributed by atoms with Crippen molar-refractivity contribution in [3.8, 4) is 0 Å². The Morgan fingerprint density at radius 1 is 1.47 bits per heavy atom. The van der Waals surface area contributed by atoms with Crippen LogP contribution in [0.15, 0.2) is 18.2 Å². The molecule has 1 rings (SSSR count). The van der Waals surface area contributed by atoms with Crippen LogP contribution in [0.4, 0.5) is 5.69 Å². The van der Waals surface area contributed by atoms with Crippen LogP contribution in [-0.4, -0.2) is 23.9 Å². The lowest BCUT2D eigenvalue weighted by molar-refractivity contribution is 0.0755. The molecular weight excluding hydrogens is 212 g/mol. The van der Waals surface area contributed by atoms with Gasteiger partial charge in [0.1, 0.15) is 0 Å². The minimum absolute atomic E-state index is 0.109. The molecule has 0 heterocycles. The van der Waals surface area contributed by atoms with Crippen molar-refractivity contribution < 1.29 is 4.79 Å². The molecule has 1 aromatic rings. The first-order chi connectivity index (χ1) is 6.93. The molecule has 0 saturated carbocycles. The number of nitrogen functional groups attached to an aromatic ring is 1. The second-order valence-corrected chi connectivity index (χ2v) is 4.16. The highest BCUT2D eigenvalue weighted by Gasteiger charge is 2.17. The number of benzene rings is 1. The Balaban J connectivity index is 3.05. The molecule has 0 aliphatic heterocycles. The van der Waals surface area contributed by atoms with Crippen molar-refractivity contribution in [2.45, 2.75) is 19.9 Å². The molecule has 0 aromatic heterocycles. The molecule has 1 amide bonds. The summed E-state index contributed by atoms with van der Waals surface area (Å²) in [6, 6.07) is 5.05. The van der Waals surface area contributed by atoms with Crippen molar-refractivity contribution in [3.63, 3.8) is 0 Å². The molecule has 0 fully saturated rings. The first-order valence-corrected chi connectivity index (χ1v) is 5.13. The lowest BCUT2D eigenvalue weighted by Crippen LogP contribution is -2.33. The van der Waals surface area contributed by atoms with Gasteiger partial charge in [0.05, 0.1) is 10.6 Å². The largest absolute Gasteiger partial charge is 0.399 e. The van der Waals surface area contributed by atoms with Gasteiger partial charge >= 0.3 is 0 Å². The summed E-state index contributed by atoms with van der Waals surface area (Å²) in [6.45, 7) is 3.89. The Morgan fingerprint density at radius 3 is 2.60 bits per heavy atom. The highest BCUT2D eigenvalue weighted by atomic mass is 35.5. The maximum absolute atomic E-state index is 11.9. The number of amides is 1. The van der Waals surface area contributed by atoms with Crippen LogP contribution < -0.4 is 5.73 Å². The van der Waals surface area contributed by atoms with Crippen LogP contribution in [0.25, 0.3) is 0 Å². The van der Waals surface area contributed by atoms with Gasteiger partial charge in [0.2, 0.25) is 0 Å². The van der Waals surface area contributed by atoms with E-state index in [0.29, 0.717) is 16.3 Å². The smallest absolute Gasteiger partial charge is 0.255 e. The molecule has 4 heteroatoms. The molecule has 0 spiro atoms. The molecule has 15 heavy (non-hydrogen) atoms. The van der Waals surface area contributed by atoms with Gasteiger partial charge in [0.25, 0.3) is 5.91 Å². The maximum Gasteiger partial charge on any atom is 0.255 e. The molecule has 3 nitrogen and oxygen atoms in total. The van der Waals surface area contributed by atoms with E-state index in [2.05, 4.69) is 0 Å². The number of anilines is 1. The summed E-state index contributed by atoms with van der Waals surface area (Å²) in [5, 5.41) is 0.432.